The quantitative estimate of drug-likeness (QED) is 0.630. The Morgan fingerprint density at radius 2 is 1.48 bits per heavy atom. The lowest BCUT2D eigenvalue weighted by atomic mass is 10.1. The molecule has 1 heterocycles. The summed E-state index contributed by atoms with van der Waals surface area (Å²) < 4.78 is 0. The third-order valence-electron chi connectivity index (χ3n) is 3.99. The van der Waals surface area contributed by atoms with Gasteiger partial charge in [0.05, 0.1) is 17.7 Å². The van der Waals surface area contributed by atoms with Gasteiger partial charge in [0.1, 0.15) is 0 Å². The molecule has 0 bridgehead atoms. The second-order valence-electron chi connectivity index (χ2n) is 5.61. The smallest absolute Gasteiger partial charge is 0.261 e. The van der Waals surface area contributed by atoms with Crippen LogP contribution in [0.2, 0.25) is 0 Å². The van der Waals surface area contributed by atoms with Gasteiger partial charge in [0.2, 0.25) is 0 Å². The molecule has 4 heteroatoms. The zero-order chi connectivity index (χ0) is 16.4. The molecular weight excluding hydrogens is 290 g/mol. The molecule has 2 amide bonds. The number of aryl methyl sites for hydroxylation is 1. The molecule has 1 aliphatic heterocycles. The summed E-state index contributed by atoms with van der Waals surface area (Å²) in [6.45, 7) is 1.88. The Morgan fingerprint density at radius 3 is 2.00 bits per heavy atom. The highest BCUT2D eigenvalue weighted by Crippen LogP contribution is 2.22. The maximum atomic E-state index is 12.4. The number of amides is 2. The van der Waals surface area contributed by atoms with Crippen LogP contribution in [0, 0.1) is 0 Å². The number of fused-ring (bicyclic) bond motifs is 1. The van der Waals surface area contributed by atoms with E-state index in [4.69, 9.17) is 0 Å². The second kappa shape index (κ2) is 6.16. The number of hydrogen-bond acceptors (Lipinski definition) is 3. The first-order valence-corrected chi connectivity index (χ1v) is 7.69. The van der Waals surface area contributed by atoms with Crippen LogP contribution < -0.4 is 0 Å². The summed E-state index contributed by atoms with van der Waals surface area (Å²) in [5, 5.41) is 0. The van der Waals surface area contributed by atoms with E-state index in [9.17, 15) is 14.4 Å². The predicted octanol–water partition coefficient (Wildman–Crippen LogP) is 3.12. The van der Waals surface area contributed by atoms with Crippen molar-refractivity contribution < 1.29 is 14.4 Å². The zero-order valence-electron chi connectivity index (χ0n) is 12.9. The summed E-state index contributed by atoms with van der Waals surface area (Å²) >= 11 is 0. The number of carbonyl (C=O) groups is 3. The van der Waals surface area contributed by atoms with Crippen LogP contribution in [-0.2, 0) is 6.42 Å². The monoisotopic (exact) mass is 307 g/mol. The number of imide groups is 1. The third kappa shape index (κ3) is 2.80. The maximum absolute atomic E-state index is 12.4. The summed E-state index contributed by atoms with van der Waals surface area (Å²) in [4.78, 5) is 37.9. The fourth-order valence-corrected chi connectivity index (χ4v) is 2.76. The van der Waals surface area contributed by atoms with Gasteiger partial charge >= 0.3 is 0 Å². The number of ketones is 1. The lowest BCUT2D eigenvalue weighted by molar-refractivity contribution is 0.0624. The normalized spacial score (nSPS) is 13.3. The van der Waals surface area contributed by atoms with Crippen LogP contribution in [0.5, 0.6) is 0 Å². The van der Waals surface area contributed by atoms with E-state index in [0.29, 0.717) is 16.7 Å². The molecule has 0 spiro atoms. The van der Waals surface area contributed by atoms with E-state index >= 15 is 0 Å². The number of rotatable bonds is 5. The fourth-order valence-electron chi connectivity index (χ4n) is 2.76. The topological polar surface area (TPSA) is 54.5 Å². The molecule has 2 aromatic carbocycles. The molecule has 2 aromatic rings. The molecule has 0 N–H and O–H groups in total. The Morgan fingerprint density at radius 1 is 0.913 bits per heavy atom. The van der Waals surface area contributed by atoms with Gasteiger partial charge in [-0.2, -0.15) is 0 Å². The predicted molar refractivity (Wildman–Crippen MR) is 86.6 cm³/mol. The molecule has 4 nitrogen and oxygen atoms in total. The van der Waals surface area contributed by atoms with Crippen molar-refractivity contribution in [1.82, 2.24) is 4.90 Å². The van der Waals surface area contributed by atoms with Gasteiger partial charge in [-0.05, 0) is 24.1 Å². The fraction of sp³-hybridized carbons (Fsp3) is 0.211. The molecule has 1 aliphatic rings. The Bertz CT molecular complexity index is 742. The molecule has 0 saturated heterocycles. The first-order chi connectivity index (χ1) is 11.1. The maximum Gasteiger partial charge on any atom is 0.261 e. The van der Waals surface area contributed by atoms with Crippen molar-refractivity contribution in [1.29, 1.82) is 0 Å². The lowest BCUT2D eigenvalue weighted by Gasteiger charge is -2.13. The van der Waals surface area contributed by atoms with E-state index in [1.54, 1.807) is 36.4 Å². The molecule has 116 valence electrons. The Kier molecular flexibility index (Phi) is 4.06. The standard InChI is InChI=1S/C19H17NO3/c1-2-5-13-8-10-14(11-9-13)17(21)12-20-18(22)15-6-3-4-7-16(15)19(20)23/h3-4,6-11H,2,5,12H2,1H3. The molecule has 0 aliphatic carbocycles. The van der Waals surface area contributed by atoms with Gasteiger partial charge in [-0.3, -0.25) is 19.3 Å². The Hall–Kier alpha value is -2.75. The first-order valence-electron chi connectivity index (χ1n) is 7.69. The second-order valence-corrected chi connectivity index (χ2v) is 5.61. The van der Waals surface area contributed by atoms with Crippen LogP contribution in [0.3, 0.4) is 0 Å². The number of benzene rings is 2. The van der Waals surface area contributed by atoms with Crippen molar-refractivity contribution >= 4 is 17.6 Å². The lowest BCUT2D eigenvalue weighted by Crippen LogP contribution is -2.34. The molecule has 0 aromatic heterocycles. The van der Waals surface area contributed by atoms with Crippen LogP contribution >= 0.6 is 0 Å². The molecule has 0 atom stereocenters. The highest BCUT2D eigenvalue weighted by Gasteiger charge is 2.36. The van der Waals surface area contributed by atoms with Crippen molar-refractivity contribution in [3.05, 3.63) is 70.8 Å². The van der Waals surface area contributed by atoms with E-state index in [1.807, 2.05) is 12.1 Å². The van der Waals surface area contributed by atoms with Gasteiger partial charge in [0.25, 0.3) is 11.8 Å². The summed E-state index contributed by atoms with van der Waals surface area (Å²) in [6.07, 6.45) is 2.01. The average molecular weight is 307 g/mol. The van der Waals surface area contributed by atoms with Crippen LogP contribution in [0.25, 0.3) is 0 Å². The molecule has 0 unspecified atom stereocenters. The number of Topliss-reactive ketones (excluding diaryl/α,β-unsaturated/α-hetero) is 1. The minimum absolute atomic E-state index is 0.223. The van der Waals surface area contributed by atoms with Crippen LogP contribution in [0.1, 0.15) is 50.0 Å². The van der Waals surface area contributed by atoms with Gasteiger partial charge in [-0.1, -0.05) is 49.7 Å². The first kappa shape index (κ1) is 15.2. The van der Waals surface area contributed by atoms with Gasteiger partial charge in [0.15, 0.2) is 5.78 Å². The van der Waals surface area contributed by atoms with Gasteiger partial charge in [-0.25, -0.2) is 0 Å². The van der Waals surface area contributed by atoms with E-state index < -0.39 is 11.8 Å². The van der Waals surface area contributed by atoms with E-state index in [1.165, 1.54) is 5.56 Å². The number of hydrogen-bond donors (Lipinski definition) is 0. The Balaban J connectivity index is 1.76. The van der Waals surface area contributed by atoms with E-state index in [0.717, 1.165) is 17.7 Å². The van der Waals surface area contributed by atoms with Crippen molar-refractivity contribution in [3.8, 4) is 0 Å². The van der Waals surface area contributed by atoms with Crippen LogP contribution in [-0.4, -0.2) is 29.0 Å². The van der Waals surface area contributed by atoms with Crippen molar-refractivity contribution in [3.63, 3.8) is 0 Å². The van der Waals surface area contributed by atoms with Gasteiger partial charge < -0.3 is 0 Å². The van der Waals surface area contributed by atoms with E-state index in [-0.39, 0.29) is 12.3 Å². The summed E-state index contributed by atoms with van der Waals surface area (Å²) in [5.41, 5.74) is 2.42. The van der Waals surface area contributed by atoms with Gasteiger partial charge in [-0.15, -0.1) is 0 Å². The summed E-state index contributed by atoms with van der Waals surface area (Å²) in [7, 11) is 0. The largest absolute Gasteiger partial charge is 0.292 e. The molecule has 0 saturated carbocycles. The minimum atomic E-state index is -0.401. The molecular formula is C19H17NO3. The molecule has 0 radical (unpaired) electrons. The van der Waals surface area contributed by atoms with Crippen molar-refractivity contribution in [2.75, 3.05) is 6.54 Å². The number of carbonyl (C=O) groups excluding carboxylic acids is 3. The third-order valence-corrected chi connectivity index (χ3v) is 3.99. The minimum Gasteiger partial charge on any atom is -0.292 e. The van der Waals surface area contributed by atoms with Gasteiger partial charge in [0, 0.05) is 5.56 Å². The summed E-state index contributed by atoms with van der Waals surface area (Å²) in [6, 6.07) is 14.0. The number of nitrogens with zero attached hydrogens (tertiary/aromatic N) is 1. The van der Waals surface area contributed by atoms with Crippen LogP contribution in [0.4, 0.5) is 0 Å². The summed E-state index contributed by atoms with van der Waals surface area (Å²) in [5.74, 6) is -1.04. The van der Waals surface area contributed by atoms with E-state index in [2.05, 4.69) is 6.92 Å². The highest BCUT2D eigenvalue weighted by molar-refractivity contribution is 6.23. The molecule has 23 heavy (non-hydrogen) atoms. The van der Waals surface area contributed by atoms with Crippen molar-refractivity contribution in [2.45, 2.75) is 19.8 Å². The molecule has 0 fully saturated rings. The van der Waals surface area contributed by atoms with Crippen molar-refractivity contribution in [2.24, 2.45) is 0 Å². The average Bonchev–Trinajstić information content (AvgIpc) is 2.81. The van der Waals surface area contributed by atoms with Crippen LogP contribution in [0.15, 0.2) is 48.5 Å². The molecule has 3 rings (SSSR count). The SMILES string of the molecule is CCCc1ccc(C(=O)CN2C(=O)c3ccccc3C2=O)cc1. The Labute approximate surface area is 134 Å². The zero-order valence-corrected chi connectivity index (χ0v) is 12.9. The highest BCUT2D eigenvalue weighted by atomic mass is 16.2.